The van der Waals surface area contributed by atoms with E-state index >= 15 is 0 Å². The molecular weight excluding hydrogens is 220 g/mol. The van der Waals surface area contributed by atoms with E-state index in [9.17, 15) is 0 Å². The van der Waals surface area contributed by atoms with Gasteiger partial charge in [-0.05, 0) is 30.9 Å². The Hall–Kier alpha value is -1.02. The number of nitrogens with zero attached hydrogens (tertiary/aromatic N) is 1. The van der Waals surface area contributed by atoms with Gasteiger partial charge in [0.05, 0.1) is 0 Å². The van der Waals surface area contributed by atoms with Crippen LogP contribution in [0.5, 0.6) is 0 Å². The van der Waals surface area contributed by atoms with E-state index in [-0.39, 0.29) is 0 Å². The standard InChI is InChI=1S/C16H24N2/c1-13-6-5-7-14-12-17-10-11-18(16(13)14)15-8-3-2-4-9-15/h5-7,15,17H,2-4,8-12H2,1H3. The molecule has 0 radical (unpaired) electrons. The van der Waals surface area contributed by atoms with Crippen molar-refractivity contribution in [3.8, 4) is 0 Å². The fourth-order valence-electron chi connectivity index (χ4n) is 3.57. The van der Waals surface area contributed by atoms with E-state index in [1.54, 1.807) is 0 Å². The van der Waals surface area contributed by atoms with Crippen molar-refractivity contribution in [3.05, 3.63) is 29.3 Å². The number of aryl methyl sites for hydroxylation is 1. The van der Waals surface area contributed by atoms with Crippen molar-refractivity contribution in [1.29, 1.82) is 0 Å². The van der Waals surface area contributed by atoms with E-state index in [4.69, 9.17) is 0 Å². The molecule has 0 bridgehead atoms. The van der Waals surface area contributed by atoms with Gasteiger partial charge < -0.3 is 10.2 Å². The number of hydrogen-bond acceptors (Lipinski definition) is 2. The quantitative estimate of drug-likeness (QED) is 0.816. The first kappa shape index (κ1) is 12.0. The Bertz CT molecular complexity index is 408. The summed E-state index contributed by atoms with van der Waals surface area (Å²) in [6, 6.07) is 7.52. The van der Waals surface area contributed by atoms with Crippen LogP contribution in [-0.4, -0.2) is 19.1 Å². The van der Waals surface area contributed by atoms with Crippen LogP contribution in [-0.2, 0) is 6.54 Å². The monoisotopic (exact) mass is 244 g/mol. The molecule has 1 N–H and O–H groups in total. The second-order valence-corrected chi connectivity index (χ2v) is 5.74. The second-order valence-electron chi connectivity index (χ2n) is 5.74. The predicted molar refractivity (Wildman–Crippen MR) is 77.1 cm³/mol. The predicted octanol–water partition coefficient (Wildman–Crippen LogP) is 3.24. The highest BCUT2D eigenvalue weighted by atomic mass is 15.2. The van der Waals surface area contributed by atoms with E-state index in [0.717, 1.165) is 19.1 Å². The van der Waals surface area contributed by atoms with Crippen molar-refractivity contribution in [2.75, 3.05) is 18.0 Å². The van der Waals surface area contributed by atoms with Crippen molar-refractivity contribution in [2.24, 2.45) is 0 Å². The number of para-hydroxylation sites is 1. The van der Waals surface area contributed by atoms with Crippen molar-refractivity contribution in [2.45, 2.75) is 51.6 Å². The lowest BCUT2D eigenvalue weighted by molar-refractivity contribution is 0.415. The molecule has 1 heterocycles. The molecule has 98 valence electrons. The zero-order valence-corrected chi connectivity index (χ0v) is 11.4. The summed E-state index contributed by atoms with van der Waals surface area (Å²) in [6.07, 6.45) is 7.02. The summed E-state index contributed by atoms with van der Waals surface area (Å²) in [5, 5.41) is 3.56. The van der Waals surface area contributed by atoms with Gasteiger partial charge in [0.25, 0.3) is 0 Å². The van der Waals surface area contributed by atoms with Crippen LogP contribution in [0, 0.1) is 6.92 Å². The Morgan fingerprint density at radius 2 is 2.00 bits per heavy atom. The minimum Gasteiger partial charge on any atom is -0.367 e. The van der Waals surface area contributed by atoms with Gasteiger partial charge >= 0.3 is 0 Å². The summed E-state index contributed by atoms with van der Waals surface area (Å²) in [5.41, 5.74) is 4.45. The van der Waals surface area contributed by atoms with E-state index < -0.39 is 0 Å². The molecule has 18 heavy (non-hydrogen) atoms. The van der Waals surface area contributed by atoms with E-state index in [1.165, 1.54) is 55.5 Å². The Balaban J connectivity index is 1.94. The smallest absolute Gasteiger partial charge is 0.0444 e. The zero-order valence-electron chi connectivity index (χ0n) is 11.4. The third kappa shape index (κ3) is 2.26. The van der Waals surface area contributed by atoms with Gasteiger partial charge in [-0.2, -0.15) is 0 Å². The van der Waals surface area contributed by atoms with Gasteiger partial charge in [0, 0.05) is 31.4 Å². The van der Waals surface area contributed by atoms with Gasteiger partial charge in [0.15, 0.2) is 0 Å². The maximum Gasteiger partial charge on any atom is 0.0444 e. The average Bonchev–Trinajstić information content (AvgIpc) is 2.63. The molecule has 0 saturated heterocycles. The van der Waals surface area contributed by atoms with E-state index in [0.29, 0.717) is 0 Å². The first-order chi connectivity index (χ1) is 8.86. The van der Waals surface area contributed by atoms with Crippen LogP contribution in [0.3, 0.4) is 0 Å². The summed E-state index contributed by atoms with van der Waals surface area (Å²) >= 11 is 0. The van der Waals surface area contributed by atoms with Crippen molar-refractivity contribution in [3.63, 3.8) is 0 Å². The molecule has 2 aliphatic rings. The summed E-state index contributed by atoms with van der Waals surface area (Å²) in [4.78, 5) is 2.70. The molecule has 0 aromatic heterocycles. The number of benzene rings is 1. The maximum atomic E-state index is 3.56. The first-order valence-electron chi connectivity index (χ1n) is 7.42. The Morgan fingerprint density at radius 1 is 1.17 bits per heavy atom. The molecule has 1 aromatic carbocycles. The molecule has 0 amide bonds. The average molecular weight is 244 g/mol. The van der Waals surface area contributed by atoms with Crippen molar-refractivity contribution in [1.82, 2.24) is 5.32 Å². The van der Waals surface area contributed by atoms with Crippen LogP contribution in [0.15, 0.2) is 18.2 Å². The molecule has 1 aromatic rings. The zero-order chi connectivity index (χ0) is 12.4. The van der Waals surface area contributed by atoms with Crippen LogP contribution in [0.25, 0.3) is 0 Å². The molecule has 0 atom stereocenters. The molecule has 1 aliphatic carbocycles. The highest BCUT2D eigenvalue weighted by Gasteiger charge is 2.25. The van der Waals surface area contributed by atoms with Gasteiger partial charge in [0.1, 0.15) is 0 Å². The Kier molecular flexibility index (Phi) is 3.55. The van der Waals surface area contributed by atoms with Crippen LogP contribution in [0.4, 0.5) is 5.69 Å². The fourth-order valence-corrected chi connectivity index (χ4v) is 3.57. The Morgan fingerprint density at radius 3 is 2.83 bits per heavy atom. The maximum absolute atomic E-state index is 3.56. The minimum atomic E-state index is 0.776. The van der Waals surface area contributed by atoms with Crippen molar-refractivity contribution >= 4 is 5.69 Å². The second kappa shape index (κ2) is 5.31. The van der Waals surface area contributed by atoms with Crippen LogP contribution in [0.1, 0.15) is 43.2 Å². The number of anilines is 1. The van der Waals surface area contributed by atoms with Gasteiger partial charge in [-0.3, -0.25) is 0 Å². The van der Waals surface area contributed by atoms with Crippen LogP contribution >= 0.6 is 0 Å². The minimum absolute atomic E-state index is 0.776. The van der Waals surface area contributed by atoms with Gasteiger partial charge in [-0.15, -0.1) is 0 Å². The summed E-state index contributed by atoms with van der Waals surface area (Å²) in [7, 11) is 0. The first-order valence-corrected chi connectivity index (χ1v) is 7.42. The summed E-state index contributed by atoms with van der Waals surface area (Å²) in [5.74, 6) is 0. The van der Waals surface area contributed by atoms with Crippen LogP contribution in [0.2, 0.25) is 0 Å². The molecular formula is C16H24N2. The van der Waals surface area contributed by atoms with Gasteiger partial charge in [-0.25, -0.2) is 0 Å². The topological polar surface area (TPSA) is 15.3 Å². The van der Waals surface area contributed by atoms with E-state index in [1.807, 2.05) is 0 Å². The highest BCUT2D eigenvalue weighted by Crippen LogP contribution is 2.32. The largest absolute Gasteiger partial charge is 0.367 e. The summed E-state index contributed by atoms with van der Waals surface area (Å²) < 4.78 is 0. The molecule has 2 heteroatoms. The molecule has 1 fully saturated rings. The van der Waals surface area contributed by atoms with Crippen molar-refractivity contribution < 1.29 is 0 Å². The lowest BCUT2D eigenvalue weighted by Gasteiger charge is -2.37. The lowest BCUT2D eigenvalue weighted by Crippen LogP contribution is -2.40. The van der Waals surface area contributed by atoms with E-state index in [2.05, 4.69) is 35.3 Å². The molecule has 1 aliphatic heterocycles. The van der Waals surface area contributed by atoms with Crippen LogP contribution < -0.4 is 10.2 Å². The number of fused-ring (bicyclic) bond motifs is 1. The number of hydrogen-bond donors (Lipinski definition) is 1. The van der Waals surface area contributed by atoms with Gasteiger partial charge in [0.2, 0.25) is 0 Å². The normalized spacial score (nSPS) is 21.5. The number of rotatable bonds is 1. The third-order valence-electron chi connectivity index (χ3n) is 4.47. The fraction of sp³-hybridized carbons (Fsp3) is 0.625. The molecule has 3 rings (SSSR count). The SMILES string of the molecule is Cc1cccc2c1N(C1CCCCC1)CCNC2. The Labute approximate surface area is 110 Å². The molecule has 0 unspecified atom stereocenters. The molecule has 2 nitrogen and oxygen atoms in total. The highest BCUT2D eigenvalue weighted by molar-refractivity contribution is 5.60. The lowest BCUT2D eigenvalue weighted by atomic mass is 9.93. The number of nitrogens with one attached hydrogen (secondary N) is 1. The molecule has 1 saturated carbocycles. The van der Waals surface area contributed by atoms with Gasteiger partial charge in [-0.1, -0.05) is 37.5 Å². The molecule has 0 spiro atoms. The third-order valence-corrected chi connectivity index (χ3v) is 4.47. The summed E-state index contributed by atoms with van der Waals surface area (Å²) in [6.45, 7) is 5.58.